The standard InChI is InChI=1S/C37H60O3Si.C18H36O/c1-5-6-7-8-9-10-11-12-13-14-15-16-17-18-19-26-31-39-32-34(38)33-40-41(37(2,3)4,35-27-22-20-23-28-35)36-29-24-21-25-30-36;1-2-3-4-5-6-7-8-9-10-11-12-13-14-15-16-17-18-19/h12-13,20-25,27-30,34,38H,5-11,14-19,26,31-33H2,1-4H3;9-10,19H,2-8,11-18H2,1H3/b13-12-;10-9-/t34-;/m1./s1. The van der Waals surface area contributed by atoms with Gasteiger partial charge in [-0.25, -0.2) is 0 Å². The number of benzene rings is 2. The summed E-state index contributed by atoms with van der Waals surface area (Å²) >= 11 is 0. The normalized spacial score (nSPS) is 12.7. The molecule has 2 aromatic rings. The highest BCUT2D eigenvalue weighted by Crippen LogP contribution is 2.36. The first-order valence-corrected chi connectivity index (χ1v) is 27.2. The van der Waals surface area contributed by atoms with Gasteiger partial charge >= 0.3 is 0 Å². The third-order valence-corrected chi connectivity index (χ3v) is 16.7. The lowest BCUT2D eigenvalue weighted by Crippen LogP contribution is -2.67. The minimum atomic E-state index is -2.63. The Morgan fingerprint density at radius 3 is 1.20 bits per heavy atom. The molecule has 0 aliphatic carbocycles. The molecule has 344 valence electrons. The van der Waals surface area contributed by atoms with Crippen LogP contribution >= 0.6 is 0 Å². The van der Waals surface area contributed by atoms with E-state index in [-0.39, 0.29) is 11.6 Å². The molecule has 0 aliphatic heterocycles. The second-order valence-corrected chi connectivity index (χ2v) is 22.6. The molecule has 0 unspecified atom stereocenters. The van der Waals surface area contributed by atoms with Crippen molar-refractivity contribution in [2.75, 3.05) is 26.4 Å². The maximum Gasteiger partial charge on any atom is 0.261 e. The Morgan fingerprint density at radius 2 is 0.833 bits per heavy atom. The minimum absolute atomic E-state index is 0.0971. The molecule has 0 radical (unpaired) electrons. The maximum atomic E-state index is 10.8. The highest BCUT2D eigenvalue weighted by molar-refractivity contribution is 6.99. The molecule has 0 saturated carbocycles. The second kappa shape index (κ2) is 39.8. The van der Waals surface area contributed by atoms with Crippen LogP contribution in [0.3, 0.4) is 0 Å². The number of allylic oxidation sites excluding steroid dienone is 4. The van der Waals surface area contributed by atoms with Gasteiger partial charge in [-0.15, -0.1) is 0 Å². The topological polar surface area (TPSA) is 58.9 Å². The minimum Gasteiger partial charge on any atom is -0.405 e. The maximum absolute atomic E-state index is 10.8. The Labute approximate surface area is 373 Å². The predicted octanol–water partition coefficient (Wildman–Crippen LogP) is 15.0. The first kappa shape index (κ1) is 56.0. The Balaban J connectivity index is 0.000000795. The summed E-state index contributed by atoms with van der Waals surface area (Å²) in [5, 5.41) is 21.8. The van der Waals surface area contributed by atoms with E-state index in [0.717, 1.165) is 12.8 Å². The highest BCUT2D eigenvalue weighted by atomic mass is 28.4. The van der Waals surface area contributed by atoms with Gasteiger partial charge in [-0.2, -0.15) is 0 Å². The summed E-state index contributed by atoms with van der Waals surface area (Å²) in [5.74, 6) is 0. The van der Waals surface area contributed by atoms with Gasteiger partial charge in [0.2, 0.25) is 0 Å². The molecule has 0 heterocycles. The summed E-state index contributed by atoms with van der Waals surface area (Å²) in [4.78, 5) is 0. The summed E-state index contributed by atoms with van der Waals surface area (Å²) in [7, 11) is -2.63. The van der Waals surface area contributed by atoms with Crippen LogP contribution in [0.25, 0.3) is 0 Å². The zero-order valence-electron chi connectivity index (χ0n) is 40.0. The third-order valence-electron chi connectivity index (χ3n) is 11.7. The van der Waals surface area contributed by atoms with Crippen LogP contribution < -0.4 is 10.4 Å². The van der Waals surface area contributed by atoms with E-state index in [9.17, 15) is 5.11 Å². The predicted molar refractivity (Wildman–Crippen MR) is 266 cm³/mol. The van der Waals surface area contributed by atoms with Crippen LogP contribution in [0.5, 0.6) is 0 Å². The van der Waals surface area contributed by atoms with Gasteiger partial charge in [-0.3, -0.25) is 0 Å². The molecule has 5 heteroatoms. The lowest BCUT2D eigenvalue weighted by Gasteiger charge is -2.43. The lowest BCUT2D eigenvalue weighted by atomic mass is 10.1. The molecule has 2 rings (SSSR count). The molecule has 0 aromatic heterocycles. The van der Waals surface area contributed by atoms with Crippen molar-refractivity contribution in [3.63, 3.8) is 0 Å². The fourth-order valence-electron chi connectivity index (χ4n) is 8.06. The van der Waals surface area contributed by atoms with Crippen LogP contribution in [0.2, 0.25) is 5.04 Å². The number of hydrogen-bond donors (Lipinski definition) is 2. The van der Waals surface area contributed by atoms with Crippen molar-refractivity contribution in [2.45, 2.75) is 226 Å². The average molecular weight is 849 g/mol. The molecule has 0 aliphatic rings. The first-order valence-electron chi connectivity index (χ1n) is 25.2. The zero-order valence-corrected chi connectivity index (χ0v) is 41.0. The third kappa shape index (κ3) is 28.6. The van der Waals surface area contributed by atoms with Crippen molar-refractivity contribution < 1.29 is 19.4 Å². The number of aliphatic hydroxyl groups is 2. The van der Waals surface area contributed by atoms with Crippen LogP contribution in [0.4, 0.5) is 0 Å². The van der Waals surface area contributed by atoms with Gasteiger partial charge in [0.1, 0.15) is 0 Å². The van der Waals surface area contributed by atoms with Crippen molar-refractivity contribution in [1.29, 1.82) is 0 Å². The Kier molecular flexibility index (Phi) is 37.1. The molecule has 0 fully saturated rings. The average Bonchev–Trinajstić information content (AvgIpc) is 3.25. The smallest absolute Gasteiger partial charge is 0.261 e. The van der Waals surface area contributed by atoms with E-state index < -0.39 is 14.4 Å². The molecule has 4 nitrogen and oxygen atoms in total. The van der Waals surface area contributed by atoms with Gasteiger partial charge in [0.15, 0.2) is 0 Å². The Hall–Kier alpha value is -2.02. The first-order chi connectivity index (χ1) is 29.3. The largest absolute Gasteiger partial charge is 0.405 e. The summed E-state index contributed by atoms with van der Waals surface area (Å²) < 4.78 is 12.7. The molecular weight excluding hydrogens is 753 g/mol. The van der Waals surface area contributed by atoms with Crippen LogP contribution in [0, 0.1) is 0 Å². The van der Waals surface area contributed by atoms with Gasteiger partial charge in [0, 0.05) is 13.2 Å². The van der Waals surface area contributed by atoms with Crippen molar-refractivity contribution >= 4 is 18.7 Å². The summed E-state index contributed by atoms with van der Waals surface area (Å²) in [5.41, 5.74) is 0. The second-order valence-electron chi connectivity index (χ2n) is 18.3. The van der Waals surface area contributed by atoms with E-state index in [1.165, 1.54) is 177 Å². The van der Waals surface area contributed by atoms with Gasteiger partial charge in [-0.05, 0) is 79.6 Å². The summed E-state index contributed by atoms with van der Waals surface area (Å²) in [6, 6.07) is 21.2. The van der Waals surface area contributed by atoms with Gasteiger partial charge in [0.05, 0.1) is 19.3 Å². The van der Waals surface area contributed by atoms with Crippen LogP contribution in [-0.4, -0.2) is 51.1 Å². The van der Waals surface area contributed by atoms with Crippen LogP contribution in [0.15, 0.2) is 85.0 Å². The van der Waals surface area contributed by atoms with E-state index in [2.05, 4.69) is 120 Å². The molecule has 60 heavy (non-hydrogen) atoms. The van der Waals surface area contributed by atoms with Crippen LogP contribution in [0.1, 0.15) is 214 Å². The van der Waals surface area contributed by atoms with Gasteiger partial charge < -0.3 is 19.4 Å². The van der Waals surface area contributed by atoms with E-state index in [4.69, 9.17) is 14.3 Å². The molecule has 0 saturated heterocycles. The number of unbranched alkanes of at least 4 members (excludes halogenated alkanes) is 24. The molecule has 2 N–H and O–H groups in total. The van der Waals surface area contributed by atoms with Gasteiger partial charge in [-0.1, -0.05) is 235 Å². The van der Waals surface area contributed by atoms with Crippen LogP contribution in [-0.2, 0) is 9.16 Å². The van der Waals surface area contributed by atoms with E-state index in [1.807, 2.05) is 0 Å². The monoisotopic (exact) mass is 849 g/mol. The number of ether oxygens (including phenoxy) is 1. The molecule has 0 bridgehead atoms. The molecule has 0 amide bonds. The lowest BCUT2D eigenvalue weighted by molar-refractivity contribution is 0.00890. The SMILES string of the molecule is CCCCCCCC/C=C\CCCCCCCCO.CCCCCCCC/C=C\CCCCCCCCOC[C@@H](O)CO[Si](c1ccccc1)(c1ccccc1)C(C)(C)C. The number of aliphatic hydroxyl groups excluding tert-OH is 2. The molecule has 2 aromatic carbocycles. The molecule has 0 spiro atoms. The Morgan fingerprint density at radius 1 is 0.483 bits per heavy atom. The fraction of sp³-hybridized carbons (Fsp3) is 0.709. The zero-order chi connectivity index (χ0) is 43.7. The van der Waals surface area contributed by atoms with Crippen molar-refractivity contribution in [2.24, 2.45) is 0 Å². The van der Waals surface area contributed by atoms with Crippen molar-refractivity contribution in [3.8, 4) is 0 Å². The number of hydrogen-bond acceptors (Lipinski definition) is 4. The quantitative estimate of drug-likeness (QED) is 0.0401. The van der Waals surface area contributed by atoms with E-state index in [0.29, 0.717) is 19.8 Å². The van der Waals surface area contributed by atoms with Crippen molar-refractivity contribution in [1.82, 2.24) is 0 Å². The number of rotatable bonds is 38. The van der Waals surface area contributed by atoms with Crippen molar-refractivity contribution in [3.05, 3.63) is 85.0 Å². The fourth-order valence-corrected chi connectivity index (χ4v) is 12.7. The Bertz CT molecular complexity index is 1180. The van der Waals surface area contributed by atoms with Gasteiger partial charge in [0.25, 0.3) is 8.32 Å². The summed E-state index contributed by atoms with van der Waals surface area (Å²) in [6.07, 6.45) is 45.6. The highest BCUT2D eigenvalue weighted by Gasteiger charge is 2.50. The van der Waals surface area contributed by atoms with E-state index in [1.54, 1.807) is 0 Å². The molecule has 1 atom stereocenters. The summed E-state index contributed by atoms with van der Waals surface area (Å²) in [6.45, 7) is 13.0. The molecular formula is C55H96O4Si. The van der Waals surface area contributed by atoms with E-state index >= 15 is 0 Å².